The van der Waals surface area contributed by atoms with Crippen molar-refractivity contribution < 1.29 is 9.26 Å². The van der Waals surface area contributed by atoms with Crippen LogP contribution in [0.1, 0.15) is 38.3 Å². The molecule has 0 saturated carbocycles. The lowest BCUT2D eigenvalue weighted by molar-refractivity contribution is 0.385. The van der Waals surface area contributed by atoms with Gasteiger partial charge in [-0.05, 0) is 42.8 Å². The van der Waals surface area contributed by atoms with Crippen LogP contribution in [-0.4, -0.2) is 33.8 Å². The Labute approximate surface area is 187 Å². The minimum Gasteiger partial charge on any atom is -0.497 e. The molecule has 0 radical (unpaired) electrons. The van der Waals surface area contributed by atoms with E-state index >= 15 is 0 Å². The molecule has 2 aromatic carbocycles. The van der Waals surface area contributed by atoms with Crippen molar-refractivity contribution in [1.82, 2.24) is 20.4 Å². The molecular formula is C24H26N4O2S. The van der Waals surface area contributed by atoms with Crippen molar-refractivity contribution in [3.05, 3.63) is 71.7 Å². The van der Waals surface area contributed by atoms with E-state index in [0.717, 1.165) is 34.7 Å². The molecule has 1 aromatic heterocycles. The van der Waals surface area contributed by atoms with Gasteiger partial charge < -0.3 is 19.5 Å². The van der Waals surface area contributed by atoms with Crippen molar-refractivity contribution in [1.29, 1.82) is 0 Å². The number of nitrogens with one attached hydrogen (secondary N) is 1. The van der Waals surface area contributed by atoms with E-state index in [1.165, 1.54) is 0 Å². The van der Waals surface area contributed by atoms with Crippen LogP contribution in [-0.2, 0) is 0 Å². The van der Waals surface area contributed by atoms with E-state index in [0.29, 0.717) is 22.7 Å². The summed E-state index contributed by atoms with van der Waals surface area (Å²) in [6.45, 7) is 7.21. The highest BCUT2D eigenvalue weighted by Crippen LogP contribution is 2.38. The Morgan fingerprint density at radius 3 is 2.48 bits per heavy atom. The van der Waals surface area contributed by atoms with Crippen LogP contribution in [0.5, 0.6) is 5.75 Å². The van der Waals surface area contributed by atoms with Gasteiger partial charge in [0.1, 0.15) is 5.75 Å². The van der Waals surface area contributed by atoms with Gasteiger partial charge in [-0.1, -0.05) is 61.5 Å². The second-order valence-corrected chi connectivity index (χ2v) is 8.34. The van der Waals surface area contributed by atoms with Gasteiger partial charge in [-0.25, -0.2) is 0 Å². The van der Waals surface area contributed by atoms with E-state index < -0.39 is 0 Å². The van der Waals surface area contributed by atoms with E-state index in [9.17, 15) is 0 Å². The summed E-state index contributed by atoms with van der Waals surface area (Å²) < 4.78 is 11.1. The van der Waals surface area contributed by atoms with Crippen LogP contribution >= 0.6 is 12.2 Å². The van der Waals surface area contributed by atoms with E-state index in [2.05, 4.69) is 36.1 Å². The second-order valence-electron chi connectivity index (χ2n) is 7.95. The summed E-state index contributed by atoms with van der Waals surface area (Å²) in [7, 11) is 1.66. The van der Waals surface area contributed by atoms with Crippen LogP contribution in [0.2, 0.25) is 0 Å². The van der Waals surface area contributed by atoms with Gasteiger partial charge >= 0.3 is 0 Å². The van der Waals surface area contributed by atoms with Gasteiger partial charge in [0, 0.05) is 17.8 Å². The number of hydrogen-bond acceptors (Lipinski definition) is 5. The number of ether oxygens (including phenoxy) is 1. The van der Waals surface area contributed by atoms with Gasteiger partial charge in [0.15, 0.2) is 5.11 Å². The highest BCUT2D eigenvalue weighted by atomic mass is 32.1. The van der Waals surface area contributed by atoms with E-state index in [-0.39, 0.29) is 6.04 Å². The average Bonchev–Trinajstić information content (AvgIpc) is 3.26. The Bertz CT molecular complexity index is 1090. The number of thiocarbonyl (C=S) groups is 1. The molecule has 2 heterocycles. The third kappa shape index (κ3) is 4.32. The predicted octanol–water partition coefficient (Wildman–Crippen LogP) is 5.06. The summed E-state index contributed by atoms with van der Waals surface area (Å²) in [5.74, 6) is 2.29. The SMILES string of the molecule is COc1ccc(C2NC(=S)N(CC(C)C)C(C)=C2c2nc(-c3ccccc3)no2)cc1. The van der Waals surface area contributed by atoms with Crippen LogP contribution in [0, 0.1) is 5.92 Å². The van der Waals surface area contributed by atoms with Crippen molar-refractivity contribution in [2.45, 2.75) is 26.8 Å². The molecule has 0 aliphatic carbocycles. The molecule has 3 aromatic rings. The summed E-state index contributed by atoms with van der Waals surface area (Å²) in [6, 6.07) is 17.6. The molecule has 0 bridgehead atoms. The van der Waals surface area contributed by atoms with Gasteiger partial charge in [0.2, 0.25) is 5.82 Å². The molecule has 1 atom stereocenters. The van der Waals surface area contributed by atoms with Crippen LogP contribution in [0.15, 0.2) is 64.8 Å². The molecule has 0 amide bonds. The first kappa shape index (κ1) is 21.1. The molecule has 6 nitrogen and oxygen atoms in total. The fourth-order valence-electron chi connectivity index (χ4n) is 3.73. The summed E-state index contributed by atoms with van der Waals surface area (Å²) >= 11 is 5.72. The Kier molecular flexibility index (Phi) is 6.04. The van der Waals surface area contributed by atoms with E-state index in [1.54, 1.807) is 7.11 Å². The van der Waals surface area contributed by atoms with Crippen molar-refractivity contribution >= 4 is 22.9 Å². The Morgan fingerprint density at radius 1 is 1.13 bits per heavy atom. The van der Waals surface area contributed by atoms with Gasteiger partial charge in [-0.15, -0.1) is 0 Å². The molecule has 160 valence electrons. The number of aromatic nitrogens is 2. The highest BCUT2D eigenvalue weighted by Gasteiger charge is 2.34. The maximum Gasteiger partial charge on any atom is 0.258 e. The topological polar surface area (TPSA) is 63.4 Å². The lowest BCUT2D eigenvalue weighted by atomic mass is 9.94. The number of rotatable bonds is 6. The Hall–Kier alpha value is -3.19. The zero-order valence-electron chi connectivity index (χ0n) is 18.1. The molecule has 1 aliphatic heterocycles. The van der Waals surface area contributed by atoms with Crippen molar-refractivity contribution in [3.8, 4) is 17.1 Å². The first-order chi connectivity index (χ1) is 15.0. The maximum atomic E-state index is 5.76. The van der Waals surface area contributed by atoms with Crippen LogP contribution in [0.4, 0.5) is 0 Å². The zero-order chi connectivity index (χ0) is 22.0. The second kappa shape index (κ2) is 8.89. The maximum absolute atomic E-state index is 5.76. The van der Waals surface area contributed by atoms with Crippen LogP contribution in [0.3, 0.4) is 0 Å². The number of methoxy groups -OCH3 is 1. The summed E-state index contributed by atoms with van der Waals surface area (Å²) in [4.78, 5) is 6.85. The number of benzene rings is 2. The van der Waals surface area contributed by atoms with Gasteiger partial charge in [-0.3, -0.25) is 0 Å². The van der Waals surface area contributed by atoms with Crippen LogP contribution < -0.4 is 10.1 Å². The molecular weight excluding hydrogens is 408 g/mol. The first-order valence-corrected chi connectivity index (χ1v) is 10.7. The van der Waals surface area contributed by atoms with Crippen molar-refractivity contribution in [2.24, 2.45) is 5.92 Å². The quantitative estimate of drug-likeness (QED) is 0.544. The zero-order valence-corrected chi connectivity index (χ0v) is 18.9. The number of allylic oxidation sites excluding steroid dienone is 1. The molecule has 7 heteroatoms. The lowest BCUT2D eigenvalue weighted by Gasteiger charge is -2.38. The average molecular weight is 435 g/mol. The molecule has 0 spiro atoms. The highest BCUT2D eigenvalue weighted by molar-refractivity contribution is 7.80. The molecule has 1 N–H and O–H groups in total. The predicted molar refractivity (Wildman–Crippen MR) is 125 cm³/mol. The molecule has 31 heavy (non-hydrogen) atoms. The summed E-state index contributed by atoms with van der Waals surface area (Å²) in [5, 5.41) is 8.41. The van der Waals surface area contributed by atoms with E-state index in [4.69, 9.17) is 26.5 Å². The van der Waals surface area contributed by atoms with Gasteiger partial charge in [0.25, 0.3) is 5.89 Å². The minimum absolute atomic E-state index is 0.203. The first-order valence-electron chi connectivity index (χ1n) is 10.3. The van der Waals surface area contributed by atoms with Gasteiger partial charge in [0.05, 0.1) is 18.7 Å². The molecule has 4 rings (SSSR count). The number of nitrogens with zero attached hydrogens (tertiary/aromatic N) is 3. The summed E-state index contributed by atoms with van der Waals surface area (Å²) in [6.07, 6.45) is 0. The molecule has 0 fully saturated rings. The lowest BCUT2D eigenvalue weighted by Crippen LogP contribution is -2.47. The minimum atomic E-state index is -0.203. The fraction of sp³-hybridized carbons (Fsp3) is 0.292. The standard InChI is InChI=1S/C24H26N4O2S/c1-15(2)14-28-16(3)20(23-26-22(27-30-23)18-8-6-5-7-9-18)21(25-24(28)31)17-10-12-19(29-4)13-11-17/h5-13,15,21H,14H2,1-4H3,(H,25,31). The monoisotopic (exact) mass is 434 g/mol. The van der Waals surface area contributed by atoms with Crippen LogP contribution in [0.25, 0.3) is 17.0 Å². The Balaban J connectivity index is 1.80. The largest absolute Gasteiger partial charge is 0.497 e. The van der Waals surface area contributed by atoms with Gasteiger partial charge in [-0.2, -0.15) is 4.98 Å². The van der Waals surface area contributed by atoms with Crippen molar-refractivity contribution in [2.75, 3.05) is 13.7 Å². The smallest absolute Gasteiger partial charge is 0.258 e. The molecule has 0 saturated heterocycles. The van der Waals surface area contributed by atoms with Crippen molar-refractivity contribution in [3.63, 3.8) is 0 Å². The Morgan fingerprint density at radius 2 is 1.84 bits per heavy atom. The third-order valence-electron chi connectivity index (χ3n) is 5.28. The normalized spacial score (nSPS) is 16.6. The molecule has 1 aliphatic rings. The molecule has 1 unspecified atom stereocenters. The summed E-state index contributed by atoms with van der Waals surface area (Å²) in [5.41, 5.74) is 3.90. The van der Waals surface area contributed by atoms with E-state index in [1.807, 2.05) is 54.6 Å². The fourth-order valence-corrected chi connectivity index (χ4v) is 4.06. The number of hydrogen-bond donors (Lipinski definition) is 1. The third-order valence-corrected chi connectivity index (χ3v) is 5.62.